The summed E-state index contributed by atoms with van der Waals surface area (Å²) in [5, 5.41) is 6.32. The van der Waals surface area contributed by atoms with Gasteiger partial charge in [-0.1, -0.05) is 11.6 Å². The number of carbonyl (C=O) groups is 1. The number of fused-ring (bicyclic) bond motifs is 1. The monoisotopic (exact) mass is 347 g/mol. The lowest BCUT2D eigenvalue weighted by Gasteiger charge is -2.28. The first-order chi connectivity index (χ1) is 11.5. The van der Waals surface area contributed by atoms with E-state index in [-0.39, 0.29) is 18.1 Å². The lowest BCUT2D eigenvalue weighted by molar-refractivity contribution is 0.205. The molecule has 2 aromatic rings. The summed E-state index contributed by atoms with van der Waals surface area (Å²) in [5.74, 6) is 0.526. The zero-order valence-corrected chi connectivity index (χ0v) is 14.2. The molecule has 1 aromatic heterocycles. The van der Waals surface area contributed by atoms with Crippen LogP contribution in [0.1, 0.15) is 11.3 Å². The molecule has 0 radical (unpaired) electrons. The molecule has 8 heteroatoms. The van der Waals surface area contributed by atoms with Gasteiger partial charge in [0.15, 0.2) is 0 Å². The van der Waals surface area contributed by atoms with Gasteiger partial charge in [0.2, 0.25) is 5.95 Å². The Morgan fingerprint density at radius 1 is 1.29 bits per heavy atom. The molecule has 24 heavy (non-hydrogen) atoms. The summed E-state index contributed by atoms with van der Waals surface area (Å²) in [5.41, 5.74) is 1.84. The average Bonchev–Trinajstić information content (AvgIpc) is 2.59. The number of nitrogens with one attached hydrogen (secondary N) is 2. The van der Waals surface area contributed by atoms with Crippen LogP contribution in [-0.4, -0.2) is 34.1 Å². The van der Waals surface area contributed by atoms with E-state index in [0.717, 1.165) is 5.69 Å². The third kappa shape index (κ3) is 3.07. The van der Waals surface area contributed by atoms with Gasteiger partial charge in [0.05, 0.1) is 17.8 Å². The predicted octanol–water partition coefficient (Wildman–Crippen LogP) is 2.07. The molecular formula is C16H18ClN5O2. The van der Waals surface area contributed by atoms with Gasteiger partial charge in [0, 0.05) is 37.8 Å². The fourth-order valence-electron chi connectivity index (χ4n) is 2.70. The van der Waals surface area contributed by atoms with Crippen molar-refractivity contribution in [3.05, 3.63) is 50.9 Å². The third-order valence-electron chi connectivity index (χ3n) is 4.04. The van der Waals surface area contributed by atoms with Crippen LogP contribution in [0.5, 0.6) is 0 Å². The molecule has 0 aliphatic carbocycles. The highest BCUT2D eigenvalue weighted by molar-refractivity contribution is 6.30. The Morgan fingerprint density at radius 3 is 2.67 bits per heavy atom. The van der Waals surface area contributed by atoms with Gasteiger partial charge in [-0.05, 0) is 24.3 Å². The fourth-order valence-corrected chi connectivity index (χ4v) is 2.83. The molecule has 1 aromatic carbocycles. The number of amides is 2. The van der Waals surface area contributed by atoms with Gasteiger partial charge in [0.25, 0.3) is 5.56 Å². The summed E-state index contributed by atoms with van der Waals surface area (Å²) >= 11 is 5.84. The van der Waals surface area contributed by atoms with E-state index in [2.05, 4.69) is 15.6 Å². The second kappa shape index (κ2) is 6.52. The Kier molecular flexibility index (Phi) is 4.44. The van der Waals surface area contributed by atoms with Crippen molar-refractivity contribution in [2.75, 3.05) is 24.2 Å². The van der Waals surface area contributed by atoms with Crippen LogP contribution in [0.2, 0.25) is 5.02 Å². The molecule has 3 rings (SSSR count). The summed E-state index contributed by atoms with van der Waals surface area (Å²) in [7, 11) is 3.39. The van der Waals surface area contributed by atoms with E-state index in [9.17, 15) is 9.59 Å². The number of rotatable bonds is 2. The molecule has 2 heterocycles. The Hall–Kier alpha value is -2.54. The smallest absolute Gasteiger partial charge is 0.322 e. The minimum atomic E-state index is -0.247. The van der Waals surface area contributed by atoms with Crippen LogP contribution >= 0.6 is 11.6 Å². The zero-order chi connectivity index (χ0) is 17.3. The zero-order valence-electron chi connectivity index (χ0n) is 13.5. The van der Waals surface area contributed by atoms with Crippen LogP contribution in [-0.2, 0) is 20.0 Å². The first-order valence-electron chi connectivity index (χ1n) is 7.57. The maximum Gasteiger partial charge on any atom is 0.322 e. The minimum Gasteiger partial charge on any atom is -0.359 e. The Bertz CT molecular complexity index is 832. The normalized spacial score (nSPS) is 13.4. The topological polar surface area (TPSA) is 79.3 Å². The summed E-state index contributed by atoms with van der Waals surface area (Å²) in [6.07, 6.45) is 0.550. The molecule has 0 atom stereocenters. The number of anilines is 2. The van der Waals surface area contributed by atoms with Crippen molar-refractivity contribution in [3.63, 3.8) is 0 Å². The SMILES string of the molecule is CNc1nc2c(c(=O)n1C)CN(C(=O)Nc1ccc(Cl)cc1)CC2. The second-order valence-corrected chi connectivity index (χ2v) is 6.02. The molecule has 0 bridgehead atoms. The molecule has 2 N–H and O–H groups in total. The first-order valence-corrected chi connectivity index (χ1v) is 7.95. The summed E-state index contributed by atoms with van der Waals surface area (Å²) in [6, 6.07) is 6.64. The first kappa shape index (κ1) is 16.3. The minimum absolute atomic E-state index is 0.131. The summed E-state index contributed by atoms with van der Waals surface area (Å²) in [6.45, 7) is 0.758. The fraction of sp³-hybridized carbons (Fsp3) is 0.312. The van der Waals surface area contributed by atoms with E-state index >= 15 is 0 Å². The van der Waals surface area contributed by atoms with Crippen molar-refractivity contribution in [1.82, 2.24) is 14.5 Å². The van der Waals surface area contributed by atoms with Gasteiger partial charge in [-0.25, -0.2) is 9.78 Å². The quantitative estimate of drug-likeness (QED) is 0.871. The number of halogens is 1. The summed E-state index contributed by atoms with van der Waals surface area (Å²) < 4.78 is 1.46. The van der Waals surface area contributed by atoms with E-state index < -0.39 is 0 Å². The average molecular weight is 348 g/mol. The van der Waals surface area contributed by atoms with Crippen molar-refractivity contribution in [3.8, 4) is 0 Å². The standard InChI is InChI=1S/C16H18ClN5O2/c1-18-15-20-13-7-8-22(9-12(13)14(23)21(15)2)16(24)19-11-5-3-10(17)4-6-11/h3-6H,7-9H2,1-2H3,(H,18,20)(H,19,24). The van der Waals surface area contributed by atoms with Crippen LogP contribution in [0.15, 0.2) is 29.1 Å². The largest absolute Gasteiger partial charge is 0.359 e. The Labute approximate surface area is 144 Å². The maximum atomic E-state index is 12.5. The van der Waals surface area contributed by atoms with Crippen LogP contribution in [0, 0.1) is 0 Å². The Morgan fingerprint density at radius 2 is 2.00 bits per heavy atom. The molecule has 7 nitrogen and oxygen atoms in total. The molecule has 1 aliphatic heterocycles. The van der Waals surface area contributed by atoms with E-state index in [1.165, 1.54) is 4.57 Å². The molecule has 1 aliphatic rings. The van der Waals surface area contributed by atoms with Crippen molar-refractivity contribution in [2.24, 2.45) is 7.05 Å². The highest BCUT2D eigenvalue weighted by atomic mass is 35.5. The number of aromatic nitrogens is 2. The van der Waals surface area contributed by atoms with Crippen molar-refractivity contribution >= 4 is 29.3 Å². The van der Waals surface area contributed by atoms with E-state index in [0.29, 0.717) is 35.2 Å². The van der Waals surface area contributed by atoms with Gasteiger partial charge in [-0.3, -0.25) is 9.36 Å². The van der Waals surface area contributed by atoms with Crippen LogP contribution in [0.3, 0.4) is 0 Å². The molecule has 0 saturated heterocycles. The molecular weight excluding hydrogens is 330 g/mol. The highest BCUT2D eigenvalue weighted by Crippen LogP contribution is 2.18. The van der Waals surface area contributed by atoms with E-state index in [1.54, 1.807) is 43.3 Å². The number of benzene rings is 1. The lowest BCUT2D eigenvalue weighted by Crippen LogP contribution is -2.42. The number of hydrogen-bond donors (Lipinski definition) is 2. The maximum absolute atomic E-state index is 12.5. The predicted molar refractivity (Wildman–Crippen MR) is 93.6 cm³/mol. The molecule has 0 saturated carbocycles. The highest BCUT2D eigenvalue weighted by Gasteiger charge is 2.25. The third-order valence-corrected chi connectivity index (χ3v) is 4.30. The van der Waals surface area contributed by atoms with Gasteiger partial charge in [-0.15, -0.1) is 0 Å². The molecule has 0 unspecified atom stereocenters. The molecule has 2 amide bonds. The molecule has 126 valence electrons. The van der Waals surface area contributed by atoms with Crippen LogP contribution < -0.4 is 16.2 Å². The van der Waals surface area contributed by atoms with E-state index in [1.807, 2.05) is 0 Å². The van der Waals surface area contributed by atoms with Crippen molar-refractivity contribution < 1.29 is 4.79 Å². The second-order valence-electron chi connectivity index (χ2n) is 5.58. The number of urea groups is 1. The number of nitrogens with zero attached hydrogens (tertiary/aromatic N) is 3. The lowest BCUT2D eigenvalue weighted by atomic mass is 10.1. The van der Waals surface area contributed by atoms with Gasteiger partial charge in [0.1, 0.15) is 0 Å². The molecule has 0 fully saturated rings. The number of carbonyl (C=O) groups excluding carboxylic acids is 1. The van der Waals surface area contributed by atoms with Gasteiger partial charge in [-0.2, -0.15) is 0 Å². The molecule has 0 spiro atoms. The van der Waals surface area contributed by atoms with Gasteiger partial charge < -0.3 is 15.5 Å². The number of hydrogen-bond acceptors (Lipinski definition) is 4. The van der Waals surface area contributed by atoms with Crippen LogP contribution in [0.4, 0.5) is 16.4 Å². The van der Waals surface area contributed by atoms with Gasteiger partial charge >= 0.3 is 6.03 Å². The Balaban J connectivity index is 1.79. The van der Waals surface area contributed by atoms with E-state index in [4.69, 9.17) is 11.6 Å². The van der Waals surface area contributed by atoms with Crippen molar-refractivity contribution in [2.45, 2.75) is 13.0 Å². The summed E-state index contributed by atoms with van der Waals surface area (Å²) in [4.78, 5) is 31.0. The van der Waals surface area contributed by atoms with Crippen LogP contribution in [0.25, 0.3) is 0 Å². The van der Waals surface area contributed by atoms with Crippen molar-refractivity contribution in [1.29, 1.82) is 0 Å².